The third-order valence-corrected chi connectivity index (χ3v) is 4.66. The number of hydrogen-bond donors (Lipinski definition) is 3. The van der Waals surface area contributed by atoms with E-state index in [1.54, 1.807) is 17.4 Å². The van der Waals surface area contributed by atoms with Crippen molar-refractivity contribution < 1.29 is 4.79 Å². The predicted molar refractivity (Wildman–Crippen MR) is 124 cm³/mol. The molecule has 0 fully saturated rings. The normalized spacial score (nSPS) is 11.1. The molecule has 1 amide bonds. The number of nitrogens with zero attached hydrogens (tertiary/aromatic N) is 2. The second-order valence-electron chi connectivity index (χ2n) is 6.22. The quantitative estimate of drug-likeness (QED) is 0.280. The summed E-state index contributed by atoms with van der Waals surface area (Å²) in [6.45, 7) is 2.62. The van der Waals surface area contributed by atoms with Crippen LogP contribution in [0.5, 0.6) is 0 Å². The zero-order valence-corrected chi connectivity index (χ0v) is 18.9. The van der Waals surface area contributed by atoms with Gasteiger partial charge in [-0.25, -0.2) is 4.99 Å². The number of hydrogen-bond acceptors (Lipinski definition) is 4. The van der Waals surface area contributed by atoms with E-state index in [9.17, 15) is 4.79 Å². The van der Waals surface area contributed by atoms with E-state index in [4.69, 9.17) is 5.73 Å². The molecule has 0 saturated heterocycles. The molecule has 2 rings (SSSR count). The number of likely N-dealkylation sites (N-methyl/N-ethyl adjacent to an activating group) is 1. The number of guanidine groups is 1. The van der Waals surface area contributed by atoms with Crippen molar-refractivity contribution in [1.29, 1.82) is 0 Å². The summed E-state index contributed by atoms with van der Waals surface area (Å²) < 4.78 is 0. The number of carbonyl (C=O) groups excluding carboxylic acids is 1. The number of carbonyl (C=O) groups is 1. The lowest BCUT2D eigenvalue weighted by atomic mass is 10.1. The second-order valence-corrected chi connectivity index (χ2v) is 7.25. The molecule has 27 heavy (non-hydrogen) atoms. The third kappa shape index (κ3) is 9.21. The molecular formula is C19H28IN5OS. The molecule has 8 heteroatoms. The van der Waals surface area contributed by atoms with Gasteiger partial charge in [0.25, 0.3) is 5.91 Å². The Hall–Kier alpha value is -1.65. The Morgan fingerprint density at radius 3 is 2.70 bits per heavy atom. The average Bonchev–Trinajstić information content (AvgIpc) is 3.13. The van der Waals surface area contributed by atoms with Crippen LogP contribution in [0, 0.1) is 0 Å². The zero-order chi connectivity index (χ0) is 18.8. The summed E-state index contributed by atoms with van der Waals surface area (Å²) in [6, 6.07) is 11.6. The molecule has 0 saturated carbocycles. The Bertz CT molecular complexity index is 719. The first kappa shape index (κ1) is 23.4. The molecule has 0 unspecified atom stereocenters. The fraction of sp³-hybridized carbons (Fsp3) is 0.368. The van der Waals surface area contributed by atoms with E-state index in [-0.39, 0.29) is 29.9 Å². The van der Waals surface area contributed by atoms with Gasteiger partial charge >= 0.3 is 0 Å². The Morgan fingerprint density at radius 1 is 1.19 bits per heavy atom. The van der Waals surface area contributed by atoms with Crippen LogP contribution in [0.3, 0.4) is 0 Å². The average molecular weight is 501 g/mol. The van der Waals surface area contributed by atoms with Gasteiger partial charge in [0.1, 0.15) is 0 Å². The molecule has 0 aliphatic rings. The monoisotopic (exact) mass is 501 g/mol. The maximum atomic E-state index is 12.2. The van der Waals surface area contributed by atoms with Crippen molar-refractivity contribution in [3.8, 4) is 0 Å². The van der Waals surface area contributed by atoms with Crippen LogP contribution in [-0.2, 0) is 13.0 Å². The Labute approximate surface area is 182 Å². The van der Waals surface area contributed by atoms with E-state index in [1.165, 1.54) is 4.88 Å². The SMILES string of the molecule is CN(C)CCNC(=O)c1cccc(CN=C(N)NCCc2cccs2)c1.I. The molecule has 0 aliphatic heterocycles. The van der Waals surface area contributed by atoms with Gasteiger partial charge < -0.3 is 21.3 Å². The molecule has 148 valence electrons. The minimum Gasteiger partial charge on any atom is -0.370 e. The van der Waals surface area contributed by atoms with E-state index in [0.717, 1.165) is 25.1 Å². The summed E-state index contributed by atoms with van der Waals surface area (Å²) in [5, 5.41) is 8.09. The molecule has 0 bridgehead atoms. The number of amides is 1. The summed E-state index contributed by atoms with van der Waals surface area (Å²) >= 11 is 1.73. The van der Waals surface area contributed by atoms with Crippen molar-refractivity contribution in [3.63, 3.8) is 0 Å². The van der Waals surface area contributed by atoms with Gasteiger partial charge in [0.15, 0.2) is 5.96 Å². The first-order chi connectivity index (χ1) is 12.5. The second kappa shape index (κ2) is 12.7. The highest BCUT2D eigenvalue weighted by Crippen LogP contribution is 2.08. The van der Waals surface area contributed by atoms with Crippen molar-refractivity contribution in [1.82, 2.24) is 15.5 Å². The molecule has 0 radical (unpaired) electrons. The first-order valence-corrected chi connectivity index (χ1v) is 9.50. The fourth-order valence-corrected chi connectivity index (χ4v) is 3.02. The van der Waals surface area contributed by atoms with Crippen molar-refractivity contribution in [2.75, 3.05) is 33.7 Å². The van der Waals surface area contributed by atoms with E-state index in [2.05, 4.69) is 27.1 Å². The number of aliphatic imine (C=N–C) groups is 1. The van der Waals surface area contributed by atoms with Gasteiger partial charge in [0.05, 0.1) is 6.54 Å². The molecule has 1 heterocycles. The lowest BCUT2D eigenvalue weighted by Crippen LogP contribution is -2.33. The molecule has 6 nitrogen and oxygen atoms in total. The largest absolute Gasteiger partial charge is 0.370 e. The van der Waals surface area contributed by atoms with Crippen molar-refractivity contribution in [2.45, 2.75) is 13.0 Å². The van der Waals surface area contributed by atoms with E-state index < -0.39 is 0 Å². The molecular weight excluding hydrogens is 473 g/mol. The minimum atomic E-state index is -0.0697. The van der Waals surface area contributed by atoms with Gasteiger partial charge in [-0.3, -0.25) is 4.79 Å². The van der Waals surface area contributed by atoms with Gasteiger partial charge in [-0.2, -0.15) is 0 Å². The summed E-state index contributed by atoms with van der Waals surface area (Å²) in [7, 11) is 3.95. The predicted octanol–water partition coefficient (Wildman–Crippen LogP) is 2.30. The maximum absolute atomic E-state index is 12.2. The number of nitrogens with one attached hydrogen (secondary N) is 2. The summed E-state index contributed by atoms with van der Waals surface area (Å²) in [6.07, 6.45) is 0.927. The topological polar surface area (TPSA) is 82.8 Å². The third-order valence-electron chi connectivity index (χ3n) is 3.72. The van der Waals surface area contributed by atoms with Crippen LogP contribution < -0.4 is 16.4 Å². The minimum absolute atomic E-state index is 0. The highest BCUT2D eigenvalue weighted by Gasteiger charge is 2.06. The lowest BCUT2D eigenvalue weighted by molar-refractivity contribution is 0.0951. The Kier molecular flexibility index (Phi) is 11.0. The van der Waals surface area contributed by atoms with Crippen LogP contribution >= 0.6 is 35.3 Å². The van der Waals surface area contributed by atoms with Gasteiger partial charge in [-0.1, -0.05) is 18.2 Å². The molecule has 0 aliphatic carbocycles. The number of rotatable bonds is 9. The Morgan fingerprint density at radius 2 is 2.00 bits per heavy atom. The lowest BCUT2D eigenvalue weighted by Gasteiger charge is -2.10. The molecule has 4 N–H and O–H groups in total. The number of halogens is 1. The van der Waals surface area contributed by atoms with Crippen molar-refractivity contribution >= 4 is 47.2 Å². The Balaban J connectivity index is 0.00000364. The molecule has 1 aromatic carbocycles. The number of nitrogens with two attached hydrogens (primary N) is 1. The van der Waals surface area contributed by atoms with Crippen LogP contribution in [0.25, 0.3) is 0 Å². The highest BCUT2D eigenvalue weighted by molar-refractivity contribution is 14.0. The highest BCUT2D eigenvalue weighted by atomic mass is 127. The number of benzene rings is 1. The van der Waals surface area contributed by atoms with Crippen LogP contribution in [0.15, 0.2) is 46.8 Å². The molecule has 0 spiro atoms. The van der Waals surface area contributed by atoms with Crippen molar-refractivity contribution in [2.24, 2.45) is 10.7 Å². The van der Waals surface area contributed by atoms with Crippen LogP contribution in [0.4, 0.5) is 0 Å². The summed E-state index contributed by atoms with van der Waals surface area (Å²) in [4.78, 5) is 19.9. The zero-order valence-electron chi connectivity index (χ0n) is 15.8. The van der Waals surface area contributed by atoms with E-state index >= 15 is 0 Å². The molecule has 2 aromatic rings. The van der Waals surface area contributed by atoms with Crippen LogP contribution in [0.1, 0.15) is 20.8 Å². The van der Waals surface area contributed by atoms with E-state index in [1.807, 2.05) is 43.3 Å². The smallest absolute Gasteiger partial charge is 0.251 e. The molecule has 1 aromatic heterocycles. The first-order valence-electron chi connectivity index (χ1n) is 8.62. The van der Waals surface area contributed by atoms with Crippen molar-refractivity contribution in [3.05, 3.63) is 57.8 Å². The fourth-order valence-electron chi connectivity index (χ4n) is 2.31. The van der Waals surface area contributed by atoms with Gasteiger partial charge in [0, 0.05) is 30.1 Å². The van der Waals surface area contributed by atoms with Crippen LogP contribution in [0.2, 0.25) is 0 Å². The van der Waals surface area contributed by atoms with E-state index in [0.29, 0.717) is 24.6 Å². The van der Waals surface area contributed by atoms with Crippen LogP contribution in [-0.4, -0.2) is 50.5 Å². The summed E-state index contributed by atoms with van der Waals surface area (Å²) in [5.74, 6) is 0.349. The van der Waals surface area contributed by atoms with Gasteiger partial charge in [-0.15, -0.1) is 35.3 Å². The maximum Gasteiger partial charge on any atom is 0.251 e. The van der Waals surface area contributed by atoms with Gasteiger partial charge in [-0.05, 0) is 49.7 Å². The molecule has 0 atom stereocenters. The van der Waals surface area contributed by atoms with Gasteiger partial charge in [0.2, 0.25) is 0 Å². The number of thiophene rings is 1. The standard InChI is InChI=1S/C19H27N5OS.HI/c1-24(2)11-10-21-18(25)16-6-3-5-15(13-16)14-23-19(20)22-9-8-17-7-4-12-26-17;/h3-7,12-13H,8-11,14H2,1-2H3,(H,21,25)(H3,20,22,23);1H. The summed E-state index contributed by atoms with van der Waals surface area (Å²) in [5.41, 5.74) is 7.50.